The van der Waals surface area contributed by atoms with Gasteiger partial charge in [-0.15, -0.1) is 0 Å². The molecule has 0 spiro atoms. The third kappa shape index (κ3) is 2.25. The summed E-state index contributed by atoms with van der Waals surface area (Å²) in [5, 5.41) is 13.7. The zero-order chi connectivity index (χ0) is 14.1. The monoisotopic (exact) mass is 268 g/mol. The maximum Gasteiger partial charge on any atom is 0.269 e. The molecule has 2 aromatic rings. The highest BCUT2D eigenvalue weighted by Crippen LogP contribution is 2.27. The molecule has 5 nitrogen and oxygen atoms in total. The van der Waals surface area contributed by atoms with Gasteiger partial charge >= 0.3 is 0 Å². The number of carbonyl (C=O) groups excluding carboxylic acids is 1. The van der Waals surface area contributed by atoms with Crippen LogP contribution in [0.5, 0.6) is 0 Å². The second-order valence-electron chi connectivity index (χ2n) is 4.72. The Kier molecular flexibility index (Phi) is 2.95. The van der Waals surface area contributed by atoms with E-state index in [2.05, 4.69) is 5.32 Å². The minimum absolute atomic E-state index is 0.0553. The number of nitro groups is 1. The predicted molar refractivity (Wildman–Crippen MR) is 75.5 cm³/mol. The van der Waals surface area contributed by atoms with Crippen LogP contribution in [0.1, 0.15) is 22.3 Å². The van der Waals surface area contributed by atoms with Crippen LogP contribution in [0, 0.1) is 10.1 Å². The number of nitro benzene ring substituents is 1. The standard InChI is InChI=1S/C15H12N2O3/c18-15-8-2-10-1-3-12(9-14(10)15)16-11-4-6-13(7-5-11)17(19)20/h1,3-7,9,16H,2,8H2. The number of ketones is 1. The highest BCUT2D eigenvalue weighted by molar-refractivity contribution is 6.01. The molecule has 0 radical (unpaired) electrons. The van der Waals surface area contributed by atoms with Crippen LogP contribution in [0.25, 0.3) is 0 Å². The minimum atomic E-state index is -0.433. The van der Waals surface area contributed by atoms with Gasteiger partial charge in [-0.25, -0.2) is 0 Å². The summed E-state index contributed by atoms with van der Waals surface area (Å²) in [6.07, 6.45) is 1.39. The molecular weight excluding hydrogens is 256 g/mol. The third-order valence-corrected chi connectivity index (χ3v) is 3.40. The molecule has 0 atom stereocenters. The van der Waals surface area contributed by atoms with E-state index in [1.54, 1.807) is 12.1 Å². The number of Topliss-reactive ketones (excluding diaryl/α,β-unsaturated/α-hetero) is 1. The zero-order valence-corrected chi connectivity index (χ0v) is 10.6. The second-order valence-corrected chi connectivity index (χ2v) is 4.72. The van der Waals surface area contributed by atoms with Gasteiger partial charge in [-0.1, -0.05) is 6.07 Å². The van der Waals surface area contributed by atoms with Gasteiger partial charge in [0, 0.05) is 35.5 Å². The van der Waals surface area contributed by atoms with Gasteiger partial charge in [-0.05, 0) is 36.2 Å². The van der Waals surface area contributed by atoms with E-state index in [1.165, 1.54) is 12.1 Å². The van der Waals surface area contributed by atoms with Gasteiger partial charge in [-0.2, -0.15) is 0 Å². The summed E-state index contributed by atoms with van der Waals surface area (Å²) in [6.45, 7) is 0. The number of hydrogen-bond acceptors (Lipinski definition) is 4. The number of hydrogen-bond donors (Lipinski definition) is 1. The Morgan fingerprint density at radius 1 is 1.00 bits per heavy atom. The van der Waals surface area contributed by atoms with Gasteiger partial charge < -0.3 is 5.32 Å². The van der Waals surface area contributed by atoms with Gasteiger partial charge in [0.25, 0.3) is 5.69 Å². The zero-order valence-electron chi connectivity index (χ0n) is 10.6. The molecule has 2 aromatic carbocycles. The van der Waals surface area contributed by atoms with Crippen LogP contribution in [0.3, 0.4) is 0 Å². The number of carbonyl (C=O) groups is 1. The van der Waals surface area contributed by atoms with E-state index in [-0.39, 0.29) is 11.5 Å². The third-order valence-electron chi connectivity index (χ3n) is 3.40. The van der Waals surface area contributed by atoms with Crippen molar-refractivity contribution in [1.29, 1.82) is 0 Å². The van der Waals surface area contributed by atoms with Crippen LogP contribution >= 0.6 is 0 Å². The van der Waals surface area contributed by atoms with Gasteiger partial charge in [0.15, 0.2) is 5.78 Å². The summed E-state index contributed by atoms with van der Waals surface area (Å²) < 4.78 is 0. The molecule has 1 aliphatic carbocycles. The normalized spacial score (nSPS) is 13.1. The molecule has 0 bridgehead atoms. The van der Waals surface area contributed by atoms with Crippen LogP contribution in [0.2, 0.25) is 0 Å². The lowest BCUT2D eigenvalue weighted by molar-refractivity contribution is -0.384. The summed E-state index contributed by atoms with van der Waals surface area (Å²) in [6, 6.07) is 11.9. The molecule has 0 aliphatic heterocycles. The summed E-state index contributed by atoms with van der Waals surface area (Å²) in [5.74, 6) is 0.173. The first kappa shape index (κ1) is 12.3. The van der Waals surface area contributed by atoms with Crippen molar-refractivity contribution < 1.29 is 9.72 Å². The van der Waals surface area contributed by atoms with Crippen molar-refractivity contribution in [2.75, 3.05) is 5.32 Å². The van der Waals surface area contributed by atoms with Crippen molar-refractivity contribution in [3.05, 3.63) is 63.7 Å². The second kappa shape index (κ2) is 4.77. The van der Waals surface area contributed by atoms with E-state index in [0.29, 0.717) is 6.42 Å². The Labute approximate surface area is 115 Å². The lowest BCUT2D eigenvalue weighted by atomic mass is 10.1. The number of fused-ring (bicyclic) bond motifs is 1. The number of rotatable bonds is 3. The molecule has 0 saturated heterocycles. The molecule has 1 aliphatic rings. The average molecular weight is 268 g/mol. The number of nitrogens with one attached hydrogen (secondary N) is 1. The SMILES string of the molecule is O=C1CCc2ccc(Nc3ccc([N+](=O)[O-])cc3)cc21. The average Bonchev–Trinajstić information content (AvgIpc) is 2.81. The van der Waals surface area contributed by atoms with Crippen LogP contribution in [0.15, 0.2) is 42.5 Å². The fourth-order valence-corrected chi connectivity index (χ4v) is 2.35. The maximum absolute atomic E-state index is 11.7. The largest absolute Gasteiger partial charge is 0.356 e. The van der Waals surface area contributed by atoms with Crippen LogP contribution in [-0.4, -0.2) is 10.7 Å². The summed E-state index contributed by atoms with van der Waals surface area (Å²) in [7, 11) is 0. The summed E-state index contributed by atoms with van der Waals surface area (Å²) >= 11 is 0. The quantitative estimate of drug-likeness (QED) is 0.683. The van der Waals surface area contributed by atoms with Crippen molar-refractivity contribution >= 4 is 22.8 Å². The first-order valence-corrected chi connectivity index (χ1v) is 6.31. The highest BCUT2D eigenvalue weighted by atomic mass is 16.6. The van der Waals surface area contributed by atoms with E-state index in [4.69, 9.17) is 0 Å². The van der Waals surface area contributed by atoms with Crippen molar-refractivity contribution in [2.45, 2.75) is 12.8 Å². The van der Waals surface area contributed by atoms with Crippen molar-refractivity contribution in [3.8, 4) is 0 Å². The molecule has 0 saturated carbocycles. The molecule has 0 heterocycles. The van der Waals surface area contributed by atoms with Crippen molar-refractivity contribution in [2.24, 2.45) is 0 Å². The first-order valence-electron chi connectivity index (χ1n) is 6.31. The van der Waals surface area contributed by atoms with Crippen LogP contribution in [-0.2, 0) is 6.42 Å². The Bertz CT molecular complexity index is 693. The number of non-ortho nitro benzene ring substituents is 1. The molecule has 5 heteroatoms. The summed E-state index contributed by atoms with van der Waals surface area (Å²) in [5.41, 5.74) is 3.48. The molecule has 100 valence electrons. The van der Waals surface area contributed by atoms with E-state index in [1.807, 2.05) is 18.2 Å². The minimum Gasteiger partial charge on any atom is -0.356 e. The van der Waals surface area contributed by atoms with E-state index >= 15 is 0 Å². The van der Waals surface area contributed by atoms with Crippen molar-refractivity contribution in [3.63, 3.8) is 0 Å². The number of nitrogens with zero attached hydrogens (tertiary/aromatic N) is 1. The van der Waals surface area contributed by atoms with Gasteiger partial charge in [0.1, 0.15) is 0 Å². The van der Waals surface area contributed by atoms with E-state index in [0.717, 1.165) is 28.9 Å². The Morgan fingerprint density at radius 3 is 2.40 bits per heavy atom. The predicted octanol–water partition coefficient (Wildman–Crippen LogP) is 3.47. The van der Waals surface area contributed by atoms with Crippen LogP contribution in [0.4, 0.5) is 17.1 Å². The molecule has 0 unspecified atom stereocenters. The molecule has 0 fully saturated rings. The fraction of sp³-hybridized carbons (Fsp3) is 0.133. The van der Waals surface area contributed by atoms with Gasteiger partial charge in [0.05, 0.1) is 4.92 Å². The lowest BCUT2D eigenvalue weighted by Crippen LogP contribution is -1.95. The smallest absolute Gasteiger partial charge is 0.269 e. The Morgan fingerprint density at radius 2 is 1.70 bits per heavy atom. The number of anilines is 2. The molecular formula is C15H12N2O3. The first-order chi connectivity index (χ1) is 9.63. The molecule has 0 amide bonds. The lowest BCUT2D eigenvalue weighted by Gasteiger charge is -2.07. The van der Waals surface area contributed by atoms with E-state index < -0.39 is 4.92 Å². The summed E-state index contributed by atoms with van der Waals surface area (Å²) in [4.78, 5) is 21.8. The molecule has 3 rings (SSSR count). The Hall–Kier alpha value is -2.69. The van der Waals surface area contributed by atoms with Gasteiger partial charge in [-0.3, -0.25) is 14.9 Å². The number of aryl methyl sites for hydroxylation is 1. The molecule has 0 aromatic heterocycles. The van der Waals surface area contributed by atoms with Gasteiger partial charge in [0.2, 0.25) is 0 Å². The topological polar surface area (TPSA) is 72.2 Å². The van der Waals surface area contributed by atoms with Crippen molar-refractivity contribution in [1.82, 2.24) is 0 Å². The molecule has 1 N–H and O–H groups in total. The molecule has 20 heavy (non-hydrogen) atoms. The van der Waals surface area contributed by atoms with Crippen LogP contribution < -0.4 is 5.32 Å². The Balaban J connectivity index is 1.83. The maximum atomic E-state index is 11.7. The highest BCUT2D eigenvalue weighted by Gasteiger charge is 2.19. The van der Waals surface area contributed by atoms with E-state index in [9.17, 15) is 14.9 Å². The number of benzene rings is 2. The fourth-order valence-electron chi connectivity index (χ4n) is 2.35.